The van der Waals surface area contributed by atoms with Gasteiger partial charge in [0.15, 0.2) is 0 Å². The molecule has 0 saturated heterocycles. The molecule has 21 heavy (non-hydrogen) atoms. The van der Waals surface area contributed by atoms with Crippen LogP contribution in [0.4, 0.5) is 0 Å². The highest BCUT2D eigenvalue weighted by atomic mass is 35.5. The number of hydrogen-bond acceptors (Lipinski definition) is 3. The van der Waals surface area contributed by atoms with Crippen molar-refractivity contribution in [3.63, 3.8) is 0 Å². The molecule has 0 aromatic heterocycles. The molecule has 1 aromatic carbocycles. The molecule has 118 valence electrons. The Morgan fingerprint density at radius 2 is 2.19 bits per heavy atom. The van der Waals surface area contributed by atoms with Crippen LogP contribution < -0.4 is 10.1 Å². The highest BCUT2D eigenvalue weighted by molar-refractivity contribution is 6.35. The van der Waals surface area contributed by atoms with Gasteiger partial charge in [-0.1, -0.05) is 43.0 Å². The zero-order valence-electron chi connectivity index (χ0n) is 12.3. The van der Waals surface area contributed by atoms with Crippen LogP contribution in [0, 0.1) is 11.8 Å². The second-order valence-electron chi connectivity index (χ2n) is 5.87. The van der Waals surface area contributed by atoms with Gasteiger partial charge in [-0.2, -0.15) is 0 Å². The van der Waals surface area contributed by atoms with Gasteiger partial charge in [0, 0.05) is 11.6 Å². The molecule has 0 heterocycles. The Bertz CT molecular complexity index is 456. The van der Waals surface area contributed by atoms with E-state index in [0.717, 1.165) is 18.4 Å². The van der Waals surface area contributed by atoms with Gasteiger partial charge in [-0.25, -0.2) is 0 Å². The monoisotopic (exact) mass is 331 g/mol. The van der Waals surface area contributed by atoms with E-state index in [1.807, 2.05) is 0 Å². The third kappa shape index (κ3) is 5.33. The van der Waals surface area contributed by atoms with Crippen molar-refractivity contribution < 1.29 is 9.84 Å². The number of nitrogens with one attached hydrogen (secondary N) is 1. The first-order valence-corrected chi connectivity index (χ1v) is 8.28. The summed E-state index contributed by atoms with van der Waals surface area (Å²) in [4.78, 5) is 0. The molecule has 2 rings (SSSR count). The quantitative estimate of drug-likeness (QED) is 0.799. The minimum Gasteiger partial charge on any atom is -0.489 e. The van der Waals surface area contributed by atoms with Crippen LogP contribution in [0.3, 0.4) is 0 Å². The minimum absolute atomic E-state index is 0.217. The van der Waals surface area contributed by atoms with Crippen molar-refractivity contribution in [3.05, 3.63) is 28.2 Å². The lowest BCUT2D eigenvalue weighted by Crippen LogP contribution is -2.34. The van der Waals surface area contributed by atoms with Gasteiger partial charge < -0.3 is 15.2 Å². The second kappa shape index (κ2) is 8.23. The van der Waals surface area contributed by atoms with E-state index in [1.54, 1.807) is 18.2 Å². The molecule has 1 aliphatic rings. The van der Waals surface area contributed by atoms with Crippen LogP contribution in [0.25, 0.3) is 0 Å². The molecular weight excluding hydrogens is 309 g/mol. The predicted molar refractivity (Wildman–Crippen MR) is 87.3 cm³/mol. The van der Waals surface area contributed by atoms with Crippen molar-refractivity contribution in [1.82, 2.24) is 5.32 Å². The number of aliphatic hydroxyl groups is 1. The predicted octanol–water partition coefficient (Wildman–Crippen LogP) is 3.76. The number of benzene rings is 1. The summed E-state index contributed by atoms with van der Waals surface area (Å²) in [6.07, 6.45) is 3.40. The molecule has 1 fully saturated rings. The van der Waals surface area contributed by atoms with Crippen LogP contribution in [0.2, 0.25) is 10.0 Å². The molecule has 0 radical (unpaired) electrons. The lowest BCUT2D eigenvalue weighted by atomic mass is 9.98. The largest absolute Gasteiger partial charge is 0.489 e. The Hall–Kier alpha value is -0.480. The maximum atomic E-state index is 9.94. The number of hydrogen-bond donors (Lipinski definition) is 2. The summed E-state index contributed by atoms with van der Waals surface area (Å²) < 4.78 is 5.52. The first kappa shape index (κ1) is 16.9. The molecule has 0 bridgehead atoms. The van der Waals surface area contributed by atoms with Gasteiger partial charge in [0.25, 0.3) is 0 Å². The van der Waals surface area contributed by atoms with Crippen molar-refractivity contribution in [2.75, 3.05) is 19.7 Å². The van der Waals surface area contributed by atoms with Crippen molar-refractivity contribution in [2.45, 2.75) is 32.3 Å². The molecule has 2 N–H and O–H groups in total. The molecule has 5 heteroatoms. The van der Waals surface area contributed by atoms with Gasteiger partial charge in [0.1, 0.15) is 18.5 Å². The lowest BCUT2D eigenvalue weighted by molar-refractivity contribution is 0.105. The molecule has 1 aliphatic carbocycles. The molecule has 1 aromatic rings. The molecule has 3 atom stereocenters. The van der Waals surface area contributed by atoms with E-state index in [9.17, 15) is 5.11 Å². The topological polar surface area (TPSA) is 41.5 Å². The third-order valence-electron chi connectivity index (χ3n) is 4.15. The summed E-state index contributed by atoms with van der Waals surface area (Å²) in [5.74, 6) is 2.08. The van der Waals surface area contributed by atoms with Gasteiger partial charge >= 0.3 is 0 Å². The Kier molecular flexibility index (Phi) is 6.62. The molecule has 0 aliphatic heterocycles. The second-order valence-corrected chi connectivity index (χ2v) is 6.71. The Morgan fingerprint density at radius 1 is 1.38 bits per heavy atom. The van der Waals surface area contributed by atoms with E-state index in [1.165, 1.54) is 19.3 Å². The molecule has 1 saturated carbocycles. The van der Waals surface area contributed by atoms with Crippen LogP contribution in [0.1, 0.15) is 26.2 Å². The van der Waals surface area contributed by atoms with Crippen molar-refractivity contribution >= 4 is 23.2 Å². The highest BCUT2D eigenvalue weighted by Crippen LogP contribution is 2.30. The average molecular weight is 332 g/mol. The number of halogens is 2. The van der Waals surface area contributed by atoms with Crippen LogP contribution in [0.15, 0.2) is 18.2 Å². The van der Waals surface area contributed by atoms with E-state index in [-0.39, 0.29) is 6.61 Å². The third-order valence-corrected chi connectivity index (χ3v) is 4.68. The summed E-state index contributed by atoms with van der Waals surface area (Å²) in [6, 6.07) is 5.06. The standard InChI is InChI=1S/C16H23Cl2NO2/c1-11-3-2-4-12(11)8-19-9-14(20)10-21-16-6-5-13(17)7-15(16)18/h5-7,11-12,14,19-20H,2-4,8-10H2,1H3. The van der Waals surface area contributed by atoms with Gasteiger partial charge in [0.05, 0.1) is 5.02 Å². The van der Waals surface area contributed by atoms with E-state index in [0.29, 0.717) is 22.3 Å². The van der Waals surface area contributed by atoms with Crippen LogP contribution >= 0.6 is 23.2 Å². The Labute approximate surface area is 136 Å². The maximum absolute atomic E-state index is 9.94. The smallest absolute Gasteiger partial charge is 0.138 e. The fraction of sp³-hybridized carbons (Fsp3) is 0.625. The van der Waals surface area contributed by atoms with Crippen molar-refractivity contribution in [3.8, 4) is 5.75 Å². The Morgan fingerprint density at radius 3 is 2.86 bits per heavy atom. The lowest BCUT2D eigenvalue weighted by Gasteiger charge is -2.18. The van der Waals surface area contributed by atoms with Crippen LogP contribution in [-0.2, 0) is 0 Å². The van der Waals surface area contributed by atoms with Crippen molar-refractivity contribution in [1.29, 1.82) is 0 Å². The summed E-state index contributed by atoms with van der Waals surface area (Å²) >= 11 is 11.8. The summed E-state index contributed by atoms with van der Waals surface area (Å²) in [7, 11) is 0. The molecule has 3 nitrogen and oxygen atoms in total. The first-order valence-electron chi connectivity index (χ1n) is 7.53. The van der Waals surface area contributed by atoms with Gasteiger partial charge in [-0.15, -0.1) is 0 Å². The van der Waals surface area contributed by atoms with Crippen LogP contribution in [0.5, 0.6) is 5.75 Å². The van der Waals surface area contributed by atoms with E-state index in [2.05, 4.69) is 12.2 Å². The molecule has 0 spiro atoms. The van der Waals surface area contributed by atoms with Gasteiger partial charge in [0.2, 0.25) is 0 Å². The number of aliphatic hydroxyl groups excluding tert-OH is 1. The molecule has 3 unspecified atom stereocenters. The first-order chi connectivity index (χ1) is 10.1. The summed E-state index contributed by atoms with van der Waals surface area (Å²) in [6.45, 7) is 4.03. The SMILES string of the molecule is CC1CCCC1CNCC(O)COc1ccc(Cl)cc1Cl. The van der Waals surface area contributed by atoms with Gasteiger partial charge in [-0.05, 0) is 43.0 Å². The maximum Gasteiger partial charge on any atom is 0.138 e. The number of rotatable bonds is 7. The van der Waals surface area contributed by atoms with E-state index < -0.39 is 6.10 Å². The van der Waals surface area contributed by atoms with E-state index >= 15 is 0 Å². The minimum atomic E-state index is -0.548. The van der Waals surface area contributed by atoms with Crippen molar-refractivity contribution in [2.24, 2.45) is 11.8 Å². The zero-order chi connectivity index (χ0) is 15.2. The zero-order valence-corrected chi connectivity index (χ0v) is 13.8. The van der Waals surface area contributed by atoms with Crippen LogP contribution in [-0.4, -0.2) is 30.9 Å². The molecule has 0 amide bonds. The normalized spacial score (nSPS) is 23.2. The fourth-order valence-corrected chi connectivity index (χ4v) is 3.26. The van der Waals surface area contributed by atoms with E-state index in [4.69, 9.17) is 27.9 Å². The summed E-state index contributed by atoms with van der Waals surface area (Å²) in [5.41, 5.74) is 0. The number of ether oxygens (including phenoxy) is 1. The average Bonchev–Trinajstić information content (AvgIpc) is 2.83. The van der Waals surface area contributed by atoms with Gasteiger partial charge in [-0.3, -0.25) is 0 Å². The molecular formula is C16H23Cl2NO2. The highest BCUT2D eigenvalue weighted by Gasteiger charge is 2.22. The Balaban J connectivity index is 1.66. The summed E-state index contributed by atoms with van der Waals surface area (Å²) in [5, 5.41) is 14.3. The fourth-order valence-electron chi connectivity index (χ4n) is 2.80.